The summed E-state index contributed by atoms with van der Waals surface area (Å²) in [5.41, 5.74) is 2.10. The first-order valence-electron chi connectivity index (χ1n) is 5.14. The van der Waals surface area contributed by atoms with Crippen LogP contribution in [0.15, 0.2) is 42.5 Å². The molecule has 0 unspecified atom stereocenters. The summed E-state index contributed by atoms with van der Waals surface area (Å²) < 4.78 is 0. The fourth-order valence-corrected chi connectivity index (χ4v) is 2.08. The lowest BCUT2D eigenvalue weighted by molar-refractivity contribution is 0.103. The number of benzene rings is 2. The molecule has 0 atom stereocenters. The molecule has 2 aromatic carbocycles. The highest BCUT2D eigenvalue weighted by Crippen LogP contribution is 2.20. The third-order valence-corrected chi connectivity index (χ3v) is 2.99. The molecule has 0 saturated heterocycles. The molecule has 17 heavy (non-hydrogen) atoms. The highest BCUT2D eigenvalue weighted by molar-refractivity contribution is 6.31. The van der Waals surface area contributed by atoms with Crippen molar-refractivity contribution in [2.45, 2.75) is 6.92 Å². The second-order valence-electron chi connectivity index (χ2n) is 3.80. The Kier molecular flexibility index (Phi) is 3.51. The van der Waals surface area contributed by atoms with Crippen molar-refractivity contribution in [2.24, 2.45) is 0 Å². The van der Waals surface area contributed by atoms with E-state index in [9.17, 15) is 4.79 Å². The SMILES string of the molecule is Cc1cc(Cl)ccc1C(=O)c1cccc(Cl)c1. The maximum atomic E-state index is 12.2. The second kappa shape index (κ2) is 4.91. The lowest BCUT2D eigenvalue weighted by Crippen LogP contribution is -2.03. The molecule has 0 radical (unpaired) electrons. The lowest BCUT2D eigenvalue weighted by atomic mass is 9.99. The van der Waals surface area contributed by atoms with Crippen molar-refractivity contribution in [3.8, 4) is 0 Å². The Morgan fingerprint density at radius 2 is 1.71 bits per heavy atom. The van der Waals surface area contributed by atoms with Gasteiger partial charge < -0.3 is 0 Å². The minimum absolute atomic E-state index is 0.0401. The molecular weight excluding hydrogens is 255 g/mol. The van der Waals surface area contributed by atoms with Gasteiger partial charge >= 0.3 is 0 Å². The fraction of sp³-hybridized carbons (Fsp3) is 0.0714. The van der Waals surface area contributed by atoms with E-state index in [2.05, 4.69) is 0 Å². The first-order valence-corrected chi connectivity index (χ1v) is 5.90. The van der Waals surface area contributed by atoms with Gasteiger partial charge in [0.1, 0.15) is 0 Å². The van der Waals surface area contributed by atoms with Gasteiger partial charge in [0.2, 0.25) is 0 Å². The van der Waals surface area contributed by atoms with Crippen LogP contribution in [0, 0.1) is 6.92 Å². The molecule has 0 aromatic heterocycles. The number of ketones is 1. The third-order valence-electron chi connectivity index (χ3n) is 2.52. The number of carbonyl (C=O) groups excluding carboxylic acids is 1. The van der Waals surface area contributed by atoms with Crippen LogP contribution in [0.25, 0.3) is 0 Å². The quantitative estimate of drug-likeness (QED) is 0.729. The van der Waals surface area contributed by atoms with Crippen molar-refractivity contribution >= 4 is 29.0 Å². The van der Waals surface area contributed by atoms with Crippen molar-refractivity contribution in [2.75, 3.05) is 0 Å². The topological polar surface area (TPSA) is 17.1 Å². The molecule has 0 heterocycles. The summed E-state index contributed by atoms with van der Waals surface area (Å²) in [6.07, 6.45) is 0. The molecule has 0 fully saturated rings. The van der Waals surface area contributed by atoms with Gasteiger partial charge in [-0.1, -0.05) is 35.3 Å². The Hall–Kier alpha value is -1.31. The first kappa shape index (κ1) is 12.2. The molecular formula is C14H10Cl2O. The van der Waals surface area contributed by atoms with E-state index >= 15 is 0 Å². The molecule has 0 aliphatic carbocycles. The highest BCUT2D eigenvalue weighted by atomic mass is 35.5. The van der Waals surface area contributed by atoms with Crippen LogP contribution in [0.3, 0.4) is 0 Å². The number of halogens is 2. The smallest absolute Gasteiger partial charge is 0.193 e. The highest BCUT2D eigenvalue weighted by Gasteiger charge is 2.11. The Morgan fingerprint density at radius 1 is 1.00 bits per heavy atom. The van der Waals surface area contributed by atoms with Crippen molar-refractivity contribution in [1.82, 2.24) is 0 Å². The Bertz CT molecular complexity index is 576. The van der Waals surface area contributed by atoms with Crippen molar-refractivity contribution < 1.29 is 4.79 Å². The van der Waals surface area contributed by atoms with Gasteiger partial charge in [-0.2, -0.15) is 0 Å². The predicted molar refractivity (Wildman–Crippen MR) is 71.1 cm³/mol. The number of rotatable bonds is 2. The molecule has 0 aliphatic rings. The van der Waals surface area contributed by atoms with Gasteiger partial charge in [-0.25, -0.2) is 0 Å². The summed E-state index contributed by atoms with van der Waals surface area (Å²) in [4.78, 5) is 12.2. The molecule has 1 nitrogen and oxygen atoms in total. The van der Waals surface area contributed by atoms with Crippen molar-refractivity contribution in [3.63, 3.8) is 0 Å². The van der Waals surface area contributed by atoms with Crippen LogP contribution in [0.1, 0.15) is 21.5 Å². The molecule has 2 rings (SSSR count). The van der Waals surface area contributed by atoms with Crippen LogP contribution in [0.2, 0.25) is 10.0 Å². The molecule has 86 valence electrons. The number of aryl methyl sites for hydroxylation is 1. The average molecular weight is 265 g/mol. The van der Waals surface area contributed by atoms with Crippen molar-refractivity contribution in [1.29, 1.82) is 0 Å². The molecule has 0 N–H and O–H groups in total. The second-order valence-corrected chi connectivity index (χ2v) is 4.67. The van der Waals surface area contributed by atoms with E-state index in [4.69, 9.17) is 23.2 Å². The van der Waals surface area contributed by atoms with Gasteiger partial charge in [0.15, 0.2) is 5.78 Å². The average Bonchev–Trinajstić information content (AvgIpc) is 2.28. The standard InChI is InChI=1S/C14H10Cl2O/c1-9-7-12(16)5-6-13(9)14(17)10-3-2-4-11(15)8-10/h2-8H,1H3. The molecule has 0 spiro atoms. The molecule has 0 bridgehead atoms. The third kappa shape index (κ3) is 2.68. The first-order chi connectivity index (χ1) is 8.08. The van der Waals surface area contributed by atoms with Crippen LogP contribution >= 0.6 is 23.2 Å². The summed E-state index contributed by atoms with van der Waals surface area (Å²) in [5.74, 6) is -0.0401. The van der Waals surface area contributed by atoms with Gasteiger partial charge in [-0.15, -0.1) is 0 Å². The zero-order chi connectivity index (χ0) is 12.4. The zero-order valence-corrected chi connectivity index (χ0v) is 10.7. The van der Waals surface area contributed by atoms with Crippen molar-refractivity contribution in [3.05, 3.63) is 69.2 Å². The maximum absolute atomic E-state index is 12.2. The predicted octanol–water partition coefficient (Wildman–Crippen LogP) is 4.53. The van der Waals surface area contributed by atoms with Crippen LogP contribution in [-0.4, -0.2) is 5.78 Å². The van der Waals surface area contributed by atoms with E-state index in [1.807, 2.05) is 6.92 Å². The summed E-state index contributed by atoms with van der Waals surface area (Å²) in [6, 6.07) is 12.2. The minimum atomic E-state index is -0.0401. The van der Waals surface area contributed by atoms with Crippen LogP contribution in [-0.2, 0) is 0 Å². The van der Waals surface area contributed by atoms with Gasteiger partial charge in [-0.05, 0) is 42.8 Å². The summed E-state index contributed by atoms with van der Waals surface area (Å²) in [6.45, 7) is 1.86. The number of hydrogen-bond acceptors (Lipinski definition) is 1. The van der Waals surface area contributed by atoms with Crippen LogP contribution in [0.4, 0.5) is 0 Å². The molecule has 0 amide bonds. The van der Waals surface area contributed by atoms with Gasteiger partial charge in [0.25, 0.3) is 0 Å². The molecule has 0 saturated carbocycles. The van der Waals surface area contributed by atoms with Crippen LogP contribution in [0.5, 0.6) is 0 Å². The van der Waals surface area contributed by atoms with E-state index < -0.39 is 0 Å². The Morgan fingerprint density at radius 3 is 2.35 bits per heavy atom. The number of hydrogen-bond donors (Lipinski definition) is 0. The molecule has 0 aliphatic heterocycles. The molecule has 3 heteroatoms. The van der Waals surface area contributed by atoms with Crippen LogP contribution < -0.4 is 0 Å². The van der Waals surface area contributed by atoms with E-state index in [0.717, 1.165) is 5.56 Å². The van der Waals surface area contributed by atoms with Gasteiger partial charge in [0, 0.05) is 21.2 Å². The summed E-state index contributed by atoms with van der Waals surface area (Å²) in [5, 5.41) is 1.19. The summed E-state index contributed by atoms with van der Waals surface area (Å²) in [7, 11) is 0. The normalized spacial score (nSPS) is 10.3. The largest absolute Gasteiger partial charge is 0.289 e. The lowest BCUT2D eigenvalue weighted by Gasteiger charge is -2.05. The van der Waals surface area contributed by atoms with Gasteiger partial charge in [0.05, 0.1) is 0 Å². The minimum Gasteiger partial charge on any atom is -0.289 e. The monoisotopic (exact) mass is 264 g/mol. The van der Waals surface area contributed by atoms with E-state index in [0.29, 0.717) is 21.2 Å². The van der Waals surface area contributed by atoms with E-state index in [1.54, 1.807) is 42.5 Å². The zero-order valence-electron chi connectivity index (χ0n) is 9.21. The Labute approximate surface area is 110 Å². The Balaban J connectivity index is 2.44. The molecule has 2 aromatic rings. The number of carbonyl (C=O) groups is 1. The van der Waals surface area contributed by atoms with E-state index in [1.165, 1.54) is 0 Å². The summed E-state index contributed by atoms with van der Waals surface area (Å²) >= 11 is 11.7. The van der Waals surface area contributed by atoms with Gasteiger partial charge in [-0.3, -0.25) is 4.79 Å². The fourth-order valence-electron chi connectivity index (χ4n) is 1.67. The maximum Gasteiger partial charge on any atom is 0.193 e. The van der Waals surface area contributed by atoms with E-state index in [-0.39, 0.29) is 5.78 Å².